The first-order valence-electron chi connectivity index (χ1n) is 8.45. The van der Waals surface area contributed by atoms with Gasteiger partial charge in [0, 0.05) is 17.4 Å². The van der Waals surface area contributed by atoms with Gasteiger partial charge < -0.3 is 10.6 Å². The molecule has 4 nitrogen and oxygen atoms in total. The standard InChI is InChI=1S/C21H24N4/c1-13-6-8-15(3)18(10-13)24-20-12-21(23-17(5)22-20)25-19-11-14(2)7-9-16(19)4/h6-12H,1-5H3,(H2,22,23,24,25). The summed E-state index contributed by atoms with van der Waals surface area (Å²) in [5, 5.41) is 6.83. The van der Waals surface area contributed by atoms with E-state index in [1.54, 1.807) is 0 Å². The van der Waals surface area contributed by atoms with Gasteiger partial charge in [0.15, 0.2) is 0 Å². The van der Waals surface area contributed by atoms with Crippen molar-refractivity contribution in [3.8, 4) is 0 Å². The van der Waals surface area contributed by atoms with Crippen molar-refractivity contribution in [1.29, 1.82) is 0 Å². The predicted octanol–water partition coefficient (Wildman–Crippen LogP) is 5.51. The number of hydrogen-bond donors (Lipinski definition) is 2. The molecule has 0 fully saturated rings. The molecule has 0 aliphatic heterocycles. The van der Waals surface area contributed by atoms with Crippen LogP contribution in [0.3, 0.4) is 0 Å². The van der Waals surface area contributed by atoms with Crippen molar-refractivity contribution in [3.05, 3.63) is 70.5 Å². The lowest BCUT2D eigenvalue weighted by molar-refractivity contribution is 1.06. The van der Waals surface area contributed by atoms with Crippen LogP contribution in [0.15, 0.2) is 42.5 Å². The molecular weight excluding hydrogens is 308 g/mol. The summed E-state index contributed by atoms with van der Waals surface area (Å²) in [5.74, 6) is 2.30. The molecule has 25 heavy (non-hydrogen) atoms. The molecule has 1 aromatic heterocycles. The molecule has 0 saturated heterocycles. The number of anilines is 4. The van der Waals surface area contributed by atoms with Crippen molar-refractivity contribution in [2.24, 2.45) is 0 Å². The summed E-state index contributed by atoms with van der Waals surface area (Å²) in [5.41, 5.74) is 6.93. The first-order chi connectivity index (χ1) is 11.9. The fraction of sp³-hybridized carbons (Fsp3) is 0.238. The Hall–Kier alpha value is -2.88. The van der Waals surface area contributed by atoms with Gasteiger partial charge in [0.05, 0.1) is 0 Å². The number of hydrogen-bond acceptors (Lipinski definition) is 4. The largest absolute Gasteiger partial charge is 0.340 e. The Labute approximate surface area is 149 Å². The normalized spacial score (nSPS) is 10.6. The molecule has 0 aliphatic rings. The zero-order chi connectivity index (χ0) is 18.0. The van der Waals surface area contributed by atoms with Gasteiger partial charge in [-0.3, -0.25) is 0 Å². The number of rotatable bonds is 4. The number of nitrogens with one attached hydrogen (secondary N) is 2. The third-order valence-corrected chi connectivity index (χ3v) is 4.15. The summed E-state index contributed by atoms with van der Waals surface area (Å²) < 4.78 is 0. The molecule has 0 radical (unpaired) electrons. The summed E-state index contributed by atoms with van der Waals surface area (Å²) in [6, 6.07) is 14.6. The summed E-state index contributed by atoms with van der Waals surface area (Å²) in [7, 11) is 0. The molecule has 0 aliphatic carbocycles. The summed E-state index contributed by atoms with van der Waals surface area (Å²) >= 11 is 0. The molecule has 2 aromatic carbocycles. The van der Waals surface area contributed by atoms with Crippen molar-refractivity contribution >= 4 is 23.0 Å². The minimum atomic E-state index is 0.725. The predicted molar refractivity (Wildman–Crippen MR) is 105 cm³/mol. The summed E-state index contributed by atoms with van der Waals surface area (Å²) in [6.45, 7) is 10.3. The minimum Gasteiger partial charge on any atom is -0.340 e. The first-order valence-corrected chi connectivity index (χ1v) is 8.45. The zero-order valence-corrected chi connectivity index (χ0v) is 15.4. The SMILES string of the molecule is Cc1ccc(C)c(Nc2cc(Nc3cc(C)ccc3C)nc(C)n2)c1. The maximum Gasteiger partial charge on any atom is 0.136 e. The number of benzene rings is 2. The van der Waals surface area contributed by atoms with Gasteiger partial charge in [0.25, 0.3) is 0 Å². The van der Waals surface area contributed by atoms with Crippen LogP contribution in [0.4, 0.5) is 23.0 Å². The lowest BCUT2D eigenvalue weighted by Gasteiger charge is -2.13. The molecule has 1 heterocycles. The second-order valence-electron chi connectivity index (χ2n) is 6.57. The van der Waals surface area contributed by atoms with Crippen LogP contribution in [0.5, 0.6) is 0 Å². The second-order valence-corrected chi connectivity index (χ2v) is 6.57. The molecule has 0 amide bonds. The van der Waals surface area contributed by atoms with E-state index in [9.17, 15) is 0 Å². The van der Waals surface area contributed by atoms with E-state index in [0.29, 0.717) is 0 Å². The van der Waals surface area contributed by atoms with Crippen LogP contribution in [0.25, 0.3) is 0 Å². The number of aryl methyl sites for hydroxylation is 5. The molecule has 0 atom stereocenters. The van der Waals surface area contributed by atoms with Gasteiger partial charge in [0.1, 0.15) is 17.5 Å². The van der Waals surface area contributed by atoms with Crippen molar-refractivity contribution < 1.29 is 0 Å². The van der Waals surface area contributed by atoms with E-state index in [1.165, 1.54) is 22.3 Å². The fourth-order valence-corrected chi connectivity index (χ4v) is 2.71. The van der Waals surface area contributed by atoms with Crippen LogP contribution in [-0.2, 0) is 0 Å². The highest BCUT2D eigenvalue weighted by atomic mass is 15.1. The number of aromatic nitrogens is 2. The van der Waals surface area contributed by atoms with Crippen LogP contribution in [0, 0.1) is 34.6 Å². The molecular formula is C21H24N4. The van der Waals surface area contributed by atoms with Gasteiger partial charge >= 0.3 is 0 Å². The van der Waals surface area contributed by atoms with E-state index in [0.717, 1.165) is 28.8 Å². The minimum absolute atomic E-state index is 0.725. The van der Waals surface area contributed by atoms with Gasteiger partial charge in [-0.15, -0.1) is 0 Å². The molecule has 0 unspecified atom stereocenters. The highest BCUT2D eigenvalue weighted by Gasteiger charge is 2.06. The topological polar surface area (TPSA) is 49.8 Å². The molecule has 3 aromatic rings. The van der Waals surface area contributed by atoms with Crippen molar-refractivity contribution in [3.63, 3.8) is 0 Å². The highest BCUT2D eigenvalue weighted by molar-refractivity contribution is 5.67. The van der Waals surface area contributed by atoms with Crippen LogP contribution in [0.2, 0.25) is 0 Å². The van der Waals surface area contributed by atoms with Gasteiger partial charge in [-0.05, 0) is 69.0 Å². The Kier molecular flexibility index (Phi) is 4.70. The van der Waals surface area contributed by atoms with Crippen LogP contribution < -0.4 is 10.6 Å². The van der Waals surface area contributed by atoms with Gasteiger partial charge in [-0.2, -0.15) is 0 Å². The Morgan fingerprint density at radius 1 is 0.600 bits per heavy atom. The summed E-state index contributed by atoms with van der Waals surface area (Å²) in [4.78, 5) is 9.04. The van der Waals surface area contributed by atoms with E-state index in [-0.39, 0.29) is 0 Å². The molecule has 4 heteroatoms. The zero-order valence-electron chi connectivity index (χ0n) is 15.4. The third-order valence-electron chi connectivity index (χ3n) is 4.15. The summed E-state index contributed by atoms with van der Waals surface area (Å²) in [6.07, 6.45) is 0. The van der Waals surface area contributed by atoms with Gasteiger partial charge in [-0.25, -0.2) is 9.97 Å². The smallest absolute Gasteiger partial charge is 0.136 e. The molecule has 3 rings (SSSR count). The van der Waals surface area contributed by atoms with Crippen LogP contribution in [0.1, 0.15) is 28.1 Å². The quantitative estimate of drug-likeness (QED) is 0.662. The molecule has 0 bridgehead atoms. The van der Waals surface area contributed by atoms with Gasteiger partial charge in [-0.1, -0.05) is 24.3 Å². The lowest BCUT2D eigenvalue weighted by Crippen LogP contribution is -2.03. The Morgan fingerprint density at radius 3 is 1.48 bits per heavy atom. The van der Waals surface area contributed by atoms with Crippen molar-refractivity contribution in [1.82, 2.24) is 9.97 Å². The van der Waals surface area contributed by atoms with E-state index in [2.05, 4.69) is 84.7 Å². The molecule has 0 spiro atoms. The number of nitrogens with zero attached hydrogens (tertiary/aromatic N) is 2. The monoisotopic (exact) mass is 332 g/mol. The van der Waals surface area contributed by atoms with E-state index in [1.807, 2.05) is 13.0 Å². The average molecular weight is 332 g/mol. The van der Waals surface area contributed by atoms with E-state index >= 15 is 0 Å². The molecule has 2 N–H and O–H groups in total. The van der Waals surface area contributed by atoms with Gasteiger partial charge in [0.2, 0.25) is 0 Å². The average Bonchev–Trinajstić information content (AvgIpc) is 2.54. The van der Waals surface area contributed by atoms with Crippen molar-refractivity contribution in [2.45, 2.75) is 34.6 Å². The second kappa shape index (κ2) is 6.93. The fourth-order valence-electron chi connectivity index (χ4n) is 2.71. The molecule has 128 valence electrons. The Balaban J connectivity index is 1.90. The maximum absolute atomic E-state index is 4.52. The Bertz CT molecular complexity index is 844. The first kappa shape index (κ1) is 17.0. The highest BCUT2D eigenvalue weighted by Crippen LogP contribution is 2.25. The maximum atomic E-state index is 4.52. The van der Waals surface area contributed by atoms with E-state index in [4.69, 9.17) is 0 Å². The van der Waals surface area contributed by atoms with Crippen LogP contribution >= 0.6 is 0 Å². The third kappa shape index (κ3) is 4.15. The van der Waals surface area contributed by atoms with Crippen molar-refractivity contribution in [2.75, 3.05) is 10.6 Å². The lowest BCUT2D eigenvalue weighted by atomic mass is 10.1. The van der Waals surface area contributed by atoms with E-state index < -0.39 is 0 Å². The molecule has 0 saturated carbocycles. The Morgan fingerprint density at radius 2 is 1.04 bits per heavy atom. The van der Waals surface area contributed by atoms with Crippen LogP contribution in [-0.4, -0.2) is 9.97 Å².